The van der Waals surface area contributed by atoms with E-state index < -0.39 is 5.97 Å². The van der Waals surface area contributed by atoms with Gasteiger partial charge in [0.25, 0.3) is 0 Å². The molecular formula is C20H27NO3. The van der Waals surface area contributed by atoms with E-state index in [1.165, 1.54) is 11.1 Å². The average molecular weight is 329 g/mol. The van der Waals surface area contributed by atoms with Crippen molar-refractivity contribution in [1.29, 1.82) is 0 Å². The summed E-state index contributed by atoms with van der Waals surface area (Å²) in [6.45, 7) is 15.2. The lowest BCUT2D eigenvalue weighted by Crippen LogP contribution is -2.16. The quantitative estimate of drug-likeness (QED) is 0.734. The molecule has 0 amide bonds. The van der Waals surface area contributed by atoms with Crippen LogP contribution in [-0.2, 0) is 15.6 Å². The van der Waals surface area contributed by atoms with Crippen molar-refractivity contribution in [2.45, 2.75) is 59.3 Å². The van der Waals surface area contributed by atoms with Crippen LogP contribution in [-0.4, -0.2) is 17.7 Å². The molecule has 0 saturated carbocycles. The van der Waals surface area contributed by atoms with Crippen molar-refractivity contribution in [2.24, 2.45) is 0 Å². The Hall–Kier alpha value is -2.10. The average Bonchev–Trinajstić information content (AvgIpc) is 2.95. The molecule has 4 heteroatoms. The van der Waals surface area contributed by atoms with E-state index >= 15 is 0 Å². The minimum Gasteiger partial charge on any atom is -0.461 e. The van der Waals surface area contributed by atoms with Crippen LogP contribution in [0.4, 0.5) is 0 Å². The highest BCUT2D eigenvalue weighted by molar-refractivity contribution is 5.88. The molecule has 0 N–H and O–H groups in total. The highest BCUT2D eigenvalue weighted by Crippen LogP contribution is 2.34. The summed E-state index contributed by atoms with van der Waals surface area (Å²) in [6, 6.07) is 8.09. The molecule has 0 bridgehead atoms. The Bertz CT molecular complexity index is 698. The van der Waals surface area contributed by atoms with Gasteiger partial charge in [-0.1, -0.05) is 52.8 Å². The van der Waals surface area contributed by atoms with Crippen LogP contribution >= 0.6 is 0 Å². The van der Waals surface area contributed by atoms with E-state index in [2.05, 4.69) is 64.9 Å². The van der Waals surface area contributed by atoms with E-state index in [0.717, 1.165) is 5.56 Å². The molecule has 0 saturated heterocycles. The molecule has 24 heavy (non-hydrogen) atoms. The lowest BCUT2D eigenvalue weighted by Gasteiger charge is -2.25. The molecule has 0 fully saturated rings. The first-order valence-corrected chi connectivity index (χ1v) is 8.32. The Kier molecular flexibility index (Phi) is 4.88. The van der Waals surface area contributed by atoms with Gasteiger partial charge in [-0.05, 0) is 41.0 Å². The number of hydrogen-bond donors (Lipinski definition) is 0. The zero-order valence-electron chi connectivity index (χ0n) is 15.7. The summed E-state index contributed by atoms with van der Waals surface area (Å²) < 4.78 is 10.4. The number of benzene rings is 1. The van der Waals surface area contributed by atoms with Crippen LogP contribution in [0, 0.1) is 0 Å². The van der Waals surface area contributed by atoms with Crippen LogP contribution in [0.25, 0.3) is 11.3 Å². The first kappa shape index (κ1) is 18.2. The lowest BCUT2D eigenvalue weighted by molar-refractivity contribution is 0.0514. The van der Waals surface area contributed by atoms with E-state index in [-0.39, 0.29) is 16.5 Å². The van der Waals surface area contributed by atoms with Gasteiger partial charge < -0.3 is 9.26 Å². The van der Waals surface area contributed by atoms with Crippen molar-refractivity contribution in [3.8, 4) is 11.3 Å². The molecule has 0 unspecified atom stereocenters. The monoisotopic (exact) mass is 329 g/mol. The largest absolute Gasteiger partial charge is 0.461 e. The molecule has 0 atom stereocenters. The van der Waals surface area contributed by atoms with E-state index in [9.17, 15) is 4.79 Å². The maximum Gasteiger partial charge on any atom is 0.360 e. The second kappa shape index (κ2) is 6.42. The number of ether oxygens (including phenoxy) is 1. The molecular weight excluding hydrogens is 302 g/mol. The van der Waals surface area contributed by atoms with Crippen molar-refractivity contribution in [3.05, 3.63) is 41.1 Å². The summed E-state index contributed by atoms with van der Waals surface area (Å²) in [6.07, 6.45) is 0. The van der Waals surface area contributed by atoms with E-state index in [1.54, 1.807) is 13.0 Å². The summed E-state index contributed by atoms with van der Waals surface area (Å²) >= 11 is 0. The van der Waals surface area contributed by atoms with Crippen molar-refractivity contribution >= 4 is 5.97 Å². The maximum atomic E-state index is 11.8. The van der Waals surface area contributed by atoms with Crippen molar-refractivity contribution in [2.75, 3.05) is 6.61 Å². The predicted molar refractivity (Wildman–Crippen MR) is 95.3 cm³/mol. The number of rotatable bonds is 3. The summed E-state index contributed by atoms with van der Waals surface area (Å²) in [5, 5.41) is 3.85. The molecule has 0 aliphatic carbocycles. The van der Waals surface area contributed by atoms with Gasteiger partial charge in [-0.25, -0.2) is 4.79 Å². The van der Waals surface area contributed by atoms with Gasteiger partial charge in [0.1, 0.15) is 0 Å². The number of esters is 1. The number of hydrogen-bond acceptors (Lipinski definition) is 4. The van der Waals surface area contributed by atoms with Crippen molar-refractivity contribution < 1.29 is 14.1 Å². The first-order valence-electron chi connectivity index (χ1n) is 8.32. The van der Waals surface area contributed by atoms with Gasteiger partial charge in [0.2, 0.25) is 0 Å². The molecule has 4 nitrogen and oxygen atoms in total. The SMILES string of the molecule is CCOC(=O)c1cc(-c2cc(C(C)(C)C)cc(C(C)(C)C)c2)on1. The second-order valence-electron chi connectivity index (χ2n) is 8.10. The molecule has 0 aliphatic heterocycles. The molecule has 0 radical (unpaired) electrons. The lowest BCUT2D eigenvalue weighted by atomic mass is 9.79. The van der Waals surface area contributed by atoms with Crippen LogP contribution in [0.1, 0.15) is 70.1 Å². The summed E-state index contributed by atoms with van der Waals surface area (Å²) in [5.41, 5.74) is 3.60. The normalized spacial score (nSPS) is 12.3. The third-order valence-electron chi connectivity index (χ3n) is 3.94. The fourth-order valence-electron chi connectivity index (χ4n) is 2.35. The first-order chi connectivity index (χ1) is 11.0. The number of aromatic nitrogens is 1. The third kappa shape index (κ3) is 4.05. The van der Waals surface area contributed by atoms with E-state index in [0.29, 0.717) is 12.4 Å². The number of carbonyl (C=O) groups excluding carboxylic acids is 1. The fourth-order valence-corrected chi connectivity index (χ4v) is 2.35. The van der Waals surface area contributed by atoms with Gasteiger partial charge in [-0.3, -0.25) is 0 Å². The maximum absolute atomic E-state index is 11.8. The molecule has 130 valence electrons. The topological polar surface area (TPSA) is 52.3 Å². The molecule has 2 rings (SSSR count). The number of nitrogens with zero attached hydrogens (tertiary/aromatic N) is 1. The van der Waals surface area contributed by atoms with Gasteiger partial charge in [0, 0.05) is 11.6 Å². The number of carbonyl (C=O) groups is 1. The van der Waals surface area contributed by atoms with Crippen LogP contribution in [0.15, 0.2) is 28.8 Å². The Morgan fingerprint density at radius 1 is 1.00 bits per heavy atom. The van der Waals surface area contributed by atoms with Gasteiger partial charge in [-0.2, -0.15) is 0 Å². The van der Waals surface area contributed by atoms with E-state index in [1.807, 2.05) is 0 Å². The van der Waals surface area contributed by atoms with Gasteiger partial charge in [0.05, 0.1) is 6.61 Å². The Morgan fingerprint density at radius 3 is 2.00 bits per heavy atom. The zero-order chi connectivity index (χ0) is 18.1. The Labute approximate surface area is 144 Å². The van der Waals surface area contributed by atoms with Crippen LogP contribution < -0.4 is 0 Å². The van der Waals surface area contributed by atoms with Crippen LogP contribution in [0.3, 0.4) is 0 Å². The van der Waals surface area contributed by atoms with Gasteiger partial charge in [-0.15, -0.1) is 0 Å². The smallest absolute Gasteiger partial charge is 0.360 e. The summed E-state index contributed by atoms with van der Waals surface area (Å²) in [7, 11) is 0. The summed E-state index contributed by atoms with van der Waals surface area (Å²) in [5.74, 6) is 0.116. The standard InChI is InChI=1S/C20H27NO3/c1-8-23-18(22)16-12-17(24-21-16)13-9-14(19(2,3)4)11-15(10-13)20(5,6)7/h9-12H,8H2,1-7H3. The molecule has 2 aromatic rings. The second-order valence-corrected chi connectivity index (χ2v) is 8.10. The zero-order valence-corrected chi connectivity index (χ0v) is 15.7. The molecule has 0 spiro atoms. The van der Waals surface area contributed by atoms with Crippen molar-refractivity contribution in [1.82, 2.24) is 5.16 Å². The van der Waals surface area contributed by atoms with Crippen LogP contribution in [0.5, 0.6) is 0 Å². The molecule has 1 heterocycles. The van der Waals surface area contributed by atoms with Crippen molar-refractivity contribution in [3.63, 3.8) is 0 Å². The third-order valence-corrected chi connectivity index (χ3v) is 3.94. The minimum absolute atomic E-state index is 0.0139. The summed E-state index contributed by atoms with van der Waals surface area (Å²) in [4.78, 5) is 11.8. The van der Waals surface area contributed by atoms with Crippen LogP contribution in [0.2, 0.25) is 0 Å². The molecule has 0 aliphatic rings. The van der Waals surface area contributed by atoms with Gasteiger partial charge in [0.15, 0.2) is 11.5 Å². The predicted octanol–water partition coefficient (Wildman–Crippen LogP) is 5.11. The fraction of sp³-hybridized carbons (Fsp3) is 0.500. The Morgan fingerprint density at radius 2 is 1.54 bits per heavy atom. The highest BCUT2D eigenvalue weighted by Gasteiger charge is 2.22. The van der Waals surface area contributed by atoms with E-state index in [4.69, 9.17) is 9.26 Å². The Balaban J connectivity index is 2.52. The van der Waals surface area contributed by atoms with Gasteiger partial charge >= 0.3 is 5.97 Å². The highest BCUT2D eigenvalue weighted by atomic mass is 16.5. The molecule has 1 aromatic heterocycles. The minimum atomic E-state index is -0.462. The molecule has 1 aromatic carbocycles.